The minimum absolute atomic E-state index is 0.0936. The second kappa shape index (κ2) is 8.76. The van der Waals surface area contributed by atoms with Crippen LogP contribution in [0.4, 0.5) is 5.69 Å². The number of anilines is 1. The Morgan fingerprint density at radius 1 is 1.00 bits per heavy atom. The lowest BCUT2D eigenvalue weighted by atomic mass is 10.2. The summed E-state index contributed by atoms with van der Waals surface area (Å²) in [6.07, 6.45) is 0.0936. The summed E-state index contributed by atoms with van der Waals surface area (Å²) in [5.41, 5.74) is 0.640. The summed E-state index contributed by atoms with van der Waals surface area (Å²) in [5, 5.41) is 2.79. The van der Waals surface area contributed by atoms with Crippen molar-refractivity contribution in [3.63, 3.8) is 0 Å². The topological polar surface area (TPSA) is 72.5 Å². The van der Waals surface area contributed by atoms with E-state index in [1.54, 1.807) is 69.3 Å². The molecule has 0 aliphatic rings. The highest BCUT2D eigenvalue weighted by atomic mass is 32.2. The van der Waals surface area contributed by atoms with E-state index in [4.69, 9.17) is 4.74 Å². The largest absolute Gasteiger partial charge is 0.460 e. The van der Waals surface area contributed by atoms with Crippen LogP contribution in [0.1, 0.15) is 37.6 Å². The third-order valence-corrected chi connectivity index (χ3v) is 4.70. The molecule has 0 heterocycles. The van der Waals surface area contributed by atoms with Crippen molar-refractivity contribution in [2.75, 3.05) is 11.1 Å². The van der Waals surface area contributed by atoms with Crippen molar-refractivity contribution >= 4 is 28.4 Å². The van der Waals surface area contributed by atoms with E-state index in [1.165, 1.54) is 0 Å². The van der Waals surface area contributed by atoms with Gasteiger partial charge in [0.15, 0.2) is 0 Å². The van der Waals surface area contributed by atoms with Gasteiger partial charge in [-0.15, -0.1) is 0 Å². The number of amides is 1. The maximum atomic E-state index is 12.3. The Morgan fingerprint density at radius 3 is 2.19 bits per heavy atom. The van der Waals surface area contributed by atoms with Gasteiger partial charge in [-0.2, -0.15) is 0 Å². The van der Waals surface area contributed by atoms with Crippen LogP contribution in [0.5, 0.6) is 0 Å². The molecule has 0 bridgehead atoms. The van der Waals surface area contributed by atoms with Crippen LogP contribution in [0.25, 0.3) is 0 Å². The lowest BCUT2D eigenvalue weighted by Gasteiger charge is -2.19. The van der Waals surface area contributed by atoms with Crippen molar-refractivity contribution in [2.45, 2.75) is 37.7 Å². The highest BCUT2D eigenvalue weighted by Crippen LogP contribution is 2.15. The zero-order chi connectivity index (χ0) is 19.2. The highest BCUT2D eigenvalue weighted by molar-refractivity contribution is 7.85. The SMILES string of the molecule is CC(C)(C)OC(=O)CCS(=O)c1ccc(NC(=O)c2ccccc2)cc1. The van der Waals surface area contributed by atoms with Gasteiger partial charge in [-0.1, -0.05) is 18.2 Å². The first-order valence-corrected chi connectivity index (χ1v) is 9.63. The molecule has 0 saturated heterocycles. The van der Waals surface area contributed by atoms with Crippen LogP contribution >= 0.6 is 0 Å². The fraction of sp³-hybridized carbons (Fsp3) is 0.300. The summed E-state index contributed by atoms with van der Waals surface area (Å²) in [5.74, 6) is -0.369. The molecule has 2 aromatic rings. The quantitative estimate of drug-likeness (QED) is 0.782. The van der Waals surface area contributed by atoms with Crippen LogP contribution in [-0.4, -0.2) is 27.4 Å². The Labute approximate surface area is 156 Å². The van der Waals surface area contributed by atoms with Crippen LogP contribution in [0.2, 0.25) is 0 Å². The Hall–Kier alpha value is -2.47. The van der Waals surface area contributed by atoms with E-state index in [-0.39, 0.29) is 24.1 Å². The van der Waals surface area contributed by atoms with Gasteiger partial charge in [0.2, 0.25) is 0 Å². The maximum absolute atomic E-state index is 12.3. The summed E-state index contributed by atoms with van der Waals surface area (Å²) in [6.45, 7) is 5.39. The first-order chi connectivity index (χ1) is 12.2. The summed E-state index contributed by atoms with van der Waals surface area (Å²) in [6, 6.07) is 15.7. The van der Waals surface area contributed by atoms with Gasteiger partial charge in [0, 0.05) is 21.9 Å². The molecular weight excluding hydrogens is 350 g/mol. The third-order valence-electron chi connectivity index (χ3n) is 3.32. The number of carbonyl (C=O) groups excluding carboxylic acids is 2. The van der Waals surface area contributed by atoms with Gasteiger partial charge >= 0.3 is 5.97 Å². The number of rotatable bonds is 6. The molecule has 1 unspecified atom stereocenters. The van der Waals surface area contributed by atoms with Gasteiger partial charge in [-0.3, -0.25) is 13.8 Å². The van der Waals surface area contributed by atoms with E-state index in [0.29, 0.717) is 16.1 Å². The molecule has 0 saturated carbocycles. The van der Waals surface area contributed by atoms with Gasteiger partial charge in [0.05, 0.1) is 17.2 Å². The zero-order valence-electron chi connectivity index (χ0n) is 15.2. The summed E-state index contributed by atoms with van der Waals surface area (Å²) >= 11 is 0. The molecule has 0 aliphatic carbocycles. The number of benzene rings is 2. The van der Waals surface area contributed by atoms with Crippen LogP contribution in [0.15, 0.2) is 59.5 Å². The maximum Gasteiger partial charge on any atom is 0.307 e. The molecule has 138 valence electrons. The molecule has 2 rings (SSSR count). The van der Waals surface area contributed by atoms with Crippen LogP contribution in [0, 0.1) is 0 Å². The van der Waals surface area contributed by atoms with E-state index in [2.05, 4.69) is 5.32 Å². The van der Waals surface area contributed by atoms with E-state index in [0.717, 1.165) is 0 Å². The van der Waals surface area contributed by atoms with Crippen molar-refractivity contribution in [3.05, 3.63) is 60.2 Å². The van der Waals surface area contributed by atoms with Crippen molar-refractivity contribution in [1.82, 2.24) is 0 Å². The first-order valence-electron chi connectivity index (χ1n) is 8.31. The monoisotopic (exact) mass is 373 g/mol. The lowest BCUT2D eigenvalue weighted by Crippen LogP contribution is -2.24. The number of hydrogen-bond acceptors (Lipinski definition) is 4. The van der Waals surface area contributed by atoms with Gasteiger partial charge < -0.3 is 10.1 Å². The molecule has 0 aliphatic heterocycles. The van der Waals surface area contributed by atoms with Gasteiger partial charge in [-0.25, -0.2) is 0 Å². The molecule has 0 fully saturated rings. The molecule has 1 N–H and O–H groups in total. The molecule has 1 amide bonds. The van der Waals surface area contributed by atoms with Crippen molar-refractivity contribution < 1.29 is 18.5 Å². The molecule has 0 aromatic heterocycles. The summed E-state index contributed by atoms with van der Waals surface area (Å²) in [7, 11) is -1.30. The average Bonchev–Trinajstić information content (AvgIpc) is 2.59. The van der Waals surface area contributed by atoms with E-state index in [1.807, 2.05) is 6.07 Å². The van der Waals surface area contributed by atoms with E-state index in [9.17, 15) is 13.8 Å². The molecule has 5 nitrogen and oxygen atoms in total. The molecule has 0 radical (unpaired) electrons. The van der Waals surface area contributed by atoms with Crippen LogP contribution in [-0.2, 0) is 20.3 Å². The van der Waals surface area contributed by atoms with Crippen LogP contribution < -0.4 is 5.32 Å². The fourth-order valence-electron chi connectivity index (χ4n) is 2.17. The Balaban J connectivity index is 1.89. The van der Waals surface area contributed by atoms with Crippen molar-refractivity contribution in [1.29, 1.82) is 0 Å². The Kier molecular flexibility index (Phi) is 6.69. The second-order valence-electron chi connectivity index (χ2n) is 6.73. The van der Waals surface area contributed by atoms with Gasteiger partial charge in [0.25, 0.3) is 5.91 Å². The number of carbonyl (C=O) groups is 2. The predicted octanol–water partition coefficient (Wildman–Crippen LogP) is 3.78. The molecule has 26 heavy (non-hydrogen) atoms. The van der Waals surface area contributed by atoms with E-state index >= 15 is 0 Å². The number of esters is 1. The van der Waals surface area contributed by atoms with E-state index < -0.39 is 16.4 Å². The smallest absolute Gasteiger partial charge is 0.307 e. The lowest BCUT2D eigenvalue weighted by molar-refractivity contribution is -0.154. The minimum atomic E-state index is -1.30. The average molecular weight is 373 g/mol. The second-order valence-corrected chi connectivity index (χ2v) is 8.30. The summed E-state index contributed by atoms with van der Waals surface area (Å²) < 4.78 is 17.5. The van der Waals surface area contributed by atoms with Crippen molar-refractivity contribution in [3.8, 4) is 0 Å². The number of nitrogens with one attached hydrogen (secondary N) is 1. The molecule has 2 aromatic carbocycles. The molecule has 0 spiro atoms. The standard InChI is InChI=1S/C20H23NO4S/c1-20(2,3)25-18(22)13-14-26(24)17-11-9-16(10-12-17)21-19(23)15-7-5-4-6-8-15/h4-12H,13-14H2,1-3H3,(H,21,23). The number of ether oxygens (including phenoxy) is 1. The Bertz CT molecular complexity index is 780. The predicted molar refractivity (Wildman–Crippen MR) is 103 cm³/mol. The Morgan fingerprint density at radius 2 is 1.62 bits per heavy atom. The zero-order valence-corrected chi connectivity index (χ0v) is 16.0. The fourth-order valence-corrected chi connectivity index (χ4v) is 3.20. The highest BCUT2D eigenvalue weighted by Gasteiger charge is 2.17. The molecule has 6 heteroatoms. The van der Waals surface area contributed by atoms with Gasteiger partial charge in [0.1, 0.15) is 5.60 Å². The third kappa shape index (κ3) is 6.44. The van der Waals surface area contributed by atoms with Crippen molar-refractivity contribution in [2.24, 2.45) is 0 Å². The first kappa shape index (κ1) is 19.8. The summed E-state index contributed by atoms with van der Waals surface area (Å²) in [4.78, 5) is 24.4. The number of hydrogen-bond donors (Lipinski definition) is 1. The van der Waals surface area contributed by atoms with Crippen LogP contribution in [0.3, 0.4) is 0 Å². The minimum Gasteiger partial charge on any atom is -0.460 e. The molecular formula is C20H23NO4S. The normalized spacial score (nSPS) is 12.3. The molecule has 1 atom stereocenters. The van der Waals surface area contributed by atoms with Gasteiger partial charge in [-0.05, 0) is 57.2 Å².